The molecule has 2 rings (SSSR count). The van der Waals surface area contributed by atoms with Crippen LogP contribution in [0.4, 0.5) is 0 Å². The van der Waals surface area contributed by atoms with E-state index in [4.69, 9.17) is 4.42 Å². The molecule has 4 heteroatoms. The first-order valence-corrected chi connectivity index (χ1v) is 6.48. The van der Waals surface area contributed by atoms with Crippen LogP contribution in [-0.2, 0) is 0 Å². The molecule has 0 amide bonds. The normalized spacial score (nSPS) is 12.6. The van der Waals surface area contributed by atoms with Crippen LogP contribution in [0.2, 0.25) is 0 Å². The largest absolute Gasteiger partial charge is 0.457 e. The summed E-state index contributed by atoms with van der Waals surface area (Å²) in [5, 5.41) is 3.50. The van der Waals surface area contributed by atoms with Crippen molar-refractivity contribution in [3.63, 3.8) is 0 Å². The monoisotopic (exact) mass is 294 g/mol. The van der Waals surface area contributed by atoms with Gasteiger partial charge in [0.15, 0.2) is 4.67 Å². The quantitative estimate of drug-likeness (QED) is 0.917. The highest BCUT2D eigenvalue weighted by Crippen LogP contribution is 2.29. The lowest BCUT2D eigenvalue weighted by atomic mass is 10.0. The molecule has 0 saturated heterocycles. The highest BCUT2D eigenvalue weighted by molar-refractivity contribution is 9.10. The van der Waals surface area contributed by atoms with E-state index in [2.05, 4.69) is 39.2 Å². The van der Waals surface area contributed by atoms with Crippen LogP contribution in [0.25, 0.3) is 0 Å². The van der Waals surface area contributed by atoms with Crippen molar-refractivity contribution in [3.8, 4) is 0 Å². The maximum Gasteiger partial charge on any atom is 0.174 e. The summed E-state index contributed by atoms with van der Waals surface area (Å²) in [4.78, 5) is 4.17. The van der Waals surface area contributed by atoms with Crippen LogP contribution >= 0.6 is 15.9 Å². The molecular formula is C13H15BrN2O. The number of halogens is 1. The van der Waals surface area contributed by atoms with Crippen LogP contribution < -0.4 is 5.32 Å². The number of nitrogens with one attached hydrogen (secondary N) is 1. The standard InChI is InChI=1S/C13H15BrN2O/c1-2-6-16-12(10-4-3-7-15-9-10)11-5-8-17-13(11)14/h3-5,7-9,12,16H,2,6H2,1H3. The minimum atomic E-state index is 0.122. The Morgan fingerprint density at radius 1 is 1.47 bits per heavy atom. The second-order valence-corrected chi connectivity index (χ2v) is 4.54. The summed E-state index contributed by atoms with van der Waals surface area (Å²) in [6, 6.07) is 6.12. The third-order valence-corrected chi connectivity index (χ3v) is 3.22. The van der Waals surface area contributed by atoms with Gasteiger partial charge in [-0.1, -0.05) is 13.0 Å². The van der Waals surface area contributed by atoms with Crippen LogP contribution in [0.5, 0.6) is 0 Å². The van der Waals surface area contributed by atoms with E-state index in [-0.39, 0.29) is 6.04 Å². The van der Waals surface area contributed by atoms with Crippen LogP contribution in [0.1, 0.15) is 30.5 Å². The topological polar surface area (TPSA) is 38.1 Å². The molecule has 0 spiro atoms. The van der Waals surface area contributed by atoms with Crippen molar-refractivity contribution in [3.05, 3.63) is 52.7 Å². The molecule has 0 radical (unpaired) electrons. The molecule has 0 saturated carbocycles. The summed E-state index contributed by atoms with van der Waals surface area (Å²) in [5.74, 6) is 0. The number of aromatic nitrogens is 1. The van der Waals surface area contributed by atoms with E-state index in [1.165, 1.54) is 0 Å². The smallest absolute Gasteiger partial charge is 0.174 e. The molecule has 0 aliphatic rings. The first kappa shape index (κ1) is 12.3. The van der Waals surface area contributed by atoms with Gasteiger partial charge in [-0.25, -0.2) is 0 Å². The Labute approximate surface area is 109 Å². The number of pyridine rings is 1. The number of furan rings is 1. The molecule has 0 aliphatic carbocycles. The molecule has 2 aromatic heterocycles. The fourth-order valence-electron chi connectivity index (χ4n) is 1.75. The molecular weight excluding hydrogens is 280 g/mol. The average Bonchev–Trinajstić information content (AvgIpc) is 2.78. The van der Waals surface area contributed by atoms with Crippen LogP contribution in [-0.4, -0.2) is 11.5 Å². The molecule has 0 aliphatic heterocycles. The Morgan fingerprint density at radius 2 is 2.35 bits per heavy atom. The van der Waals surface area contributed by atoms with Crippen LogP contribution in [0, 0.1) is 0 Å². The van der Waals surface area contributed by atoms with Gasteiger partial charge < -0.3 is 9.73 Å². The molecule has 2 heterocycles. The van der Waals surface area contributed by atoms with Crippen LogP contribution in [0.3, 0.4) is 0 Å². The maximum absolute atomic E-state index is 5.30. The van der Waals surface area contributed by atoms with Crippen molar-refractivity contribution < 1.29 is 4.42 Å². The van der Waals surface area contributed by atoms with Gasteiger partial charge in [0.05, 0.1) is 12.3 Å². The zero-order valence-corrected chi connectivity index (χ0v) is 11.3. The molecule has 2 aromatic rings. The van der Waals surface area contributed by atoms with Gasteiger partial charge in [0.2, 0.25) is 0 Å². The Hall–Kier alpha value is -1.13. The second-order valence-electron chi connectivity index (χ2n) is 3.82. The Bertz CT molecular complexity index is 455. The number of hydrogen-bond donors (Lipinski definition) is 1. The van der Waals surface area contributed by atoms with Crippen LogP contribution in [0.15, 0.2) is 45.9 Å². The second kappa shape index (κ2) is 5.98. The van der Waals surface area contributed by atoms with Gasteiger partial charge in [0.1, 0.15) is 0 Å². The van der Waals surface area contributed by atoms with E-state index in [1.807, 2.05) is 18.3 Å². The molecule has 0 fully saturated rings. The molecule has 1 unspecified atom stereocenters. The van der Waals surface area contributed by atoms with Crippen molar-refractivity contribution in [2.24, 2.45) is 0 Å². The fraction of sp³-hybridized carbons (Fsp3) is 0.308. The van der Waals surface area contributed by atoms with Crippen molar-refractivity contribution in [2.75, 3.05) is 6.54 Å². The van der Waals surface area contributed by atoms with Crippen molar-refractivity contribution in [2.45, 2.75) is 19.4 Å². The Kier molecular flexibility index (Phi) is 4.34. The minimum Gasteiger partial charge on any atom is -0.457 e. The molecule has 1 N–H and O–H groups in total. The predicted molar refractivity (Wildman–Crippen MR) is 70.8 cm³/mol. The van der Waals surface area contributed by atoms with E-state index in [9.17, 15) is 0 Å². The zero-order chi connectivity index (χ0) is 12.1. The molecule has 0 bridgehead atoms. The van der Waals surface area contributed by atoms with E-state index >= 15 is 0 Å². The Morgan fingerprint density at radius 3 is 2.94 bits per heavy atom. The molecule has 0 aromatic carbocycles. The van der Waals surface area contributed by atoms with Gasteiger partial charge >= 0.3 is 0 Å². The SMILES string of the molecule is CCCNC(c1cccnc1)c1ccoc1Br. The molecule has 1 atom stereocenters. The van der Waals surface area contributed by atoms with Crippen molar-refractivity contribution in [1.82, 2.24) is 10.3 Å². The van der Waals surface area contributed by atoms with Gasteiger partial charge in [-0.05, 0) is 46.6 Å². The lowest BCUT2D eigenvalue weighted by Gasteiger charge is -2.17. The van der Waals surface area contributed by atoms with Gasteiger partial charge in [-0.3, -0.25) is 4.98 Å². The highest BCUT2D eigenvalue weighted by Gasteiger charge is 2.17. The summed E-state index contributed by atoms with van der Waals surface area (Å²) >= 11 is 3.43. The molecule has 90 valence electrons. The summed E-state index contributed by atoms with van der Waals surface area (Å²) in [6.45, 7) is 3.11. The third kappa shape index (κ3) is 2.96. The van der Waals surface area contributed by atoms with E-state index in [0.717, 1.165) is 28.8 Å². The van der Waals surface area contributed by atoms with E-state index in [1.54, 1.807) is 12.5 Å². The van der Waals surface area contributed by atoms with Crippen molar-refractivity contribution >= 4 is 15.9 Å². The zero-order valence-electron chi connectivity index (χ0n) is 9.69. The average molecular weight is 295 g/mol. The summed E-state index contributed by atoms with van der Waals surface area (Å²) in [5.41, 5.74) is 2.24. The lowest BCUT2D eigenvalue weighted by molar-refractivity contribution is 0.523. The van der Waals surface area contributed by atoms with Gasteiger partial charge in [-0.2, -0.15) is 0 Å². The van der Waals surface area contributed by atoms with Crippen molar-refractivity contribution in [1.29, 1.82) is 0 Å². The molecule has 17 heavy (non-hydrogen) atoms. The third-order valence-electron chi connectivity index (χ3n) is 2.57. The Balaban J connectivity index is 2.29. The summed E-state index contributed by atoms with van der Waals surface area (Å²) < 4.78 is 6.08. The summed E-state index contributed by atoms with van der Waals surface area (Å²) in [7, 11) is 0. The highest BCUT2D eigenvalue weighted by atomic mass is 79.9. The van der Waals surface area contributed by atoms with E-state index in [0.29, 0.717) is 0 Å². The number of rotatable bonds is 5. The van der Waals surface area contributed by atoms with Gasteiger partial charge in [0, 0.05) is 18.0 Å². The summed E-state index contributed by atoms with van der Waals surface area (Å²) in [6.07, 6.45) is 6.44. The predicted octanol–water partition coefficient (Wildman–Crippen LogP) is 3.53. The van der Waals surface area contributed by atoms with E-state index < -0.39 is 0 Å². The van der Waals surface area contributed by atoms with Gasteiger partial charge in [0.25, 0.3) is 0 Å². The first-order chi connectivity index (χ1) is 8.33. The molecule has 3 nitrogen and oxygen atoms in total. The van der Waals surface area contributed by atoms with Gasteiger partial charge in [-0.15, -0.1) is 0 Å². The maximum atomic E-state index is 5.30. The lowest BCUT2D eigenvalue weighted by Crippen LogP contribution is -2.23. The number of hydrogen-bond acceptors (Lipinski definition) is 3. The number of nitrogens with zero attached hydrogens (tertiary/aromatic N) is 1. The first-order valence-electron chi connectivity index (χ1n) is 5.69. The fourth-order valence-corrected chi connectivity index (χ4v) is 2.22. The minimum absolute atomic E-state index is 0.122.